The highest BCUT2D eigenvalue weighted by Crippen LogP contribution is 2.40. The molecule has 0 unspecified atom stereocenters. The summed E-state index contributed by atoms with van der Waals surface area (Å²) in [7, 11) is 0. The molecular formula is C18H13F3N2O3S. The molecule has 1 aromatic carbocycles. The summed E-state index contributed by atoms with van der Waals surface area (Å²) in [4.78, 5) is 16.8. The molecule has 27 heavy (non-hydrogen) atoms. The number of carbonyl (C=O) groups excluding carboxylic acids is 1. The van der Waals surface area contributed by atoms with Crippen LogP contribution in [0.2, 0.25) is 0 Å². The van der Waals surface area contributed by atoms with Crippen LogP contribution in [0, 0.1) is 6.92 Å². The van der Waals surface area contributed by atoms with Crippen LogP contribution < -0.4 is 15.2 Å². The summed E-state index contributed by atoms with van der Waals surface area (Å²) in [5.74, 6) is 0.579. The van der Waals surface area contributed by atoms with Gasteiger partial charge in [0.1, 0.15) is 28.6 Å². The van der Waals surface area contributed by atoms with Crippen molar-refractivity contribution in [3.63, 3.8) is 0 Å². The number of ether oxygens (including phenoxy) is 2. The summed E-state index contributed by atoms with van der Waals surface area (Å²) in [5, 5.41) is 0.369. The third-order valence-corrected chi connectivity index (χ3v) is 5.30. The summed E-state index contributed by atoms with van der Waals surface area (Å²) < 4.78 is 49.9. The number of thiophene rings is 1. The predicted octanol–water partition coefficient (Wildman–Crippen LogP) is 4.21. The molecule has 0 saturated carbocycles. The molecule has 3 heterocycles. The maximum atomic E-state index is 13.0. The molecule has 3 aromatic rings. The van der Waals surface area contributed by atoms with Crippen molar-refractivity contribution in [2.45, 2.75) is 13.1 Å². The van der Waals surface area contributed by atoms with Crippen LogP contribution >= 0.6 is 11.3 Å². The van der Waals surface area contributed by atoms with E-state index in [9.17, 15) is 18.0 Å². The smallest absolute Gasteiger partial charge is 0.433 e. The monoisotopic (exact) mass is 394 g/mol. The Labute approximate surface area is 155 Å². The van der Waals surface area contributed by atoms with Crippen LogP contribution in [0.25, 0.3) is 10.2 Å². The van der Waals surface area contributed by atoms with Crippen molar-refractivity contribution in [1.82, 2.24) is 4.98 Å². The zero-order chi connectivity index (χ0) is 19.3. The van der Waals surface area contributed by atoms with Crippen molar-refractivity contribution in [3.8, 4) is 11.5 Å². The Morgan fingerprint density at radius 2 is 1.89 bits per heavy atom. The lowest BCUT2D eigenvalue weighted by atomic mass is 10.1. The summed E-state index contributed by atoms with van der Waals surface area (Å²) in [6, 6.07) is 5.67. The molecule has 0 amide bonds. The number of hydrogen-bond acceptors (Lipinski definition) is 6. The van der Waals surface area contributed by atoms with Crippen LogP contribution in [0.3, 0.4) is 0 Å². The van der Waals surface area contributed by atoms with Crippen LogP contribution in [-0.4, -0.2) is 24.0 Å². The van der Waals surface area contributed by atoms with E-state index < -0.39 is 17.7 Å². The lowest BCUT2D eigenvalue weighted by Gasteiger charge is -2.18. The van der Waals surface area contributed by atoms with Gasteiger partial charge < -0.3 is 15.2 Å². The van der Waals surface area contributed by atoms with E-state index in [1.807, 2.05) is 0 Å². The van der Waals surface area contributed by atoms with Crippen molar-refractivity contribution in [2.24, 2.45) is 0 Å². The fourth-order valence-electron chi connectivity index (χ4n) is 2.94. The minimum atomic E-state index is -4.57. The number of aromatic nitrogens is 1. The van der Waals surface area contributed by atoms with Gasteiger partial charge in [-0.1, -0.05) is 0 Å². The number of aryl methyl sites for hydroxylation is 1. The fourth-order valence-corrected chi connectivity index (χ4v) is 4.07. The number of alkyl halides is 3. The first-order valence-corrected chi connectivity index (χ1v) is 8.78. The van der Waals surface area contributed by atoms with Gasteiger partial charge in [0.15, 0.2) is 11.5 Å². The van der Waals surface area contributed by atoms with Gasteiger partial charge in [-0.2, -0.15) is 13.2 Å². The Balaban J connectivity index is 1.80. The number of anilines is 1. The summed E-state index contributed by atoms with van der Waals surface area (Å²) >= 11 is 0.851. The first kappa shape index (κ1) is 17.6. The summed E-state index contributed by atoms with van der Waals surface area (Å²) in [6.07, 6.45) is -4.57. The molecule has 140 valence electrons. The lowest BCUT2D eigenvalue weighted by Crippen LogP contribution is -2.15. The van der Waals surface area contributed by atoms with Gasteiger partial charge in [-0.05, 0) is 36.8 Å². The first-order chi connectivity index (χ1) is 12.8. The third-order valence-electron chi connectivity index (χ3n) is 4.20. The number of carbonyl (C=O) groups is 1. The van der Waals surface area contributed by atoms with Crippen LogP contribution in [0.4, 0.5) is 18.9 Å². The maximum Gasteiger partial charge on any atom is 0.433 e. The molecule has 0 saturated heterocycles. The van der Waals surface area contributed by atoms with E-state index in [1.54, 1.807) is 18.2 Å². The predicted molar refractivity (Wildman–Crippen MR) is 94.6 cm³/mol. The van der Waals surface area contributed by atoms with E-state index in [2.05, 4.69) is 4.98 Å². The van der Waals surface area contributed by atoms with Crippen molar-refractivity contribution in [1.29, 1.82) is 0 Å². The van der Waals surface area contributed by atoms with Crippen LogP contribution in [0.5, 0.6) is 11.5 Å². The molecule has 2 N–H and O–H groups in total. The molecule has 5 nitrogen and oxygen atoms in total. The molecule has 0 bridgehead atoms. The number of pyridine rings is 1. The Morgan fingerprint density at radius 1 is 1.19 bits per heavy atom. The molecular weight excluding hydrogens is 381 g/mol. The number of halogens is 3. The normalized spacial score (nSPS) is 13.8. The van der Waals surface area contributed by atoms with Crippen molar-refractivity contribution >= 4 is 33.0 Å². The largest absolute Gasteiger partial charge is 0.486 e. The van der Waals surface area contributed by atoms with Crippen LogP contribution in [-0.2, 0) is 6.18 Å². The number of ketones is 1. The zero-order valence-electron chi connectivity index (χ0n) is 14.0. The molecule has 0 fully saturated rings. The van der Waals surface area contributed by atoms with Crippen LogP contribution in [0.15, 0.2) is 24.3 Å². The maximum absolute atomic E-state index is 13.0. The highest BCUT2D eigenvalue weighted by molar-refractivity contribution is 7.21. The number of fused-ring (bicyclic) bond motifs is 2. The topological polar surface area (TPSA) is 74.4 Å². The Bertz CT molecular complexity index is 1080. The Morgan fingerprint density at radius 3 is 2.59 bits per heavy atom. The van der Waals surface area contributed by atoms with E-state index in [0.717, 1.165) is 17.4 Å². The molecule has 1 aliphatic heterocycles. The van der Waals surface area contributed by atoms with Crippen molar-refractivity contribution in [2.75, 3.05) is 18.9 Å². The van der Waals surface area contributed by atoms with Crippen molar-refractivity contribution in [3.05, 3.63) is 46.0 Å². The Hall–Kier alpha value is -2.81. The Kier molecular flexibility index (Phi) is 3.99. The first-order valence-electron chi connectivity index (χ1n) is 7.97. The second-order valence-electron chi connectivity index (χ2n) is 6.03. The lowest BCUT2D eigenvalue weighted by molar-refractivity contribution is -0.141. The van der Waals surface area contributed by atoms with Gasteiger partial charge in [-0.15, -0.1) is 11.3 Å². The zero-order valence-corrected chi connectivity index (χ0v) is 14.8. The average molecular weight is 394 g/mol. The number of hydrogen-bond donors (Lipinski definition) is 1. The number of nitrogen functional groups attached to an aromatic ring is 1. The molecule has 1 aliphatic rings. The average Bonchev–Trinajstić information content (AvgIpc) is 2.97. The quantitative estimate of drug-likeness (QED) is 0.659. The van der Waals surface area contributed by atoms with E-state index in [4.69, 9.17) is 15.2 Å². The highest BCUT2D eigenvalue weighted by Gasteiger charge is 2.34. The van der Waals surface area contributed by atoms with Gasteiger partial charge in [-0.25, -0.2) is 4.98 Å². The summed E-state index contributed by atoms with van der Waals surface area (Å²) in [5.41, 5.74) is 5.85. The molecule has 0 spiro atoms. The molecule has 0 aliphatic carbocycles. The second-order valence-corrected chi connectivity index (χ2v) is 7.03. The van der Waals surface area contributed by atoms with Gasteiger partial charge in [0.25, 0.3) is 0 Å². The van der Waals surface area contributed by atoms with Gasteiger partial charge in [0.2, 0.25) is 5.78 Å². The number of rotatable bonds is 2. The number of benzene rings is 1. The molecule has 2 aromatic heterocycles. The van der Waals surface area contributed by atoms with E-state index in [-0.39, 0.29) is 15.4 Å². The summed E-state index contributed by atoms with van der Waals surface area (Å²) in [6.45, 7) is 2.32. The second kappa shape index (κ2) is 6.12. The number of nitrogens with zero attached hydrogens (tertiary/aromatic N) is 1. The van der Waals surface area contributed by atoms with E-state index in [1.165, 1.54) is 6.92 Å². The van der Waals surface area contributed by atoms with E-state index in [0.29, 0.717) is 41.2 Å². The van der Waals surface area contributed by atoms with Gasteiger partial charge in [0, 0.05) is 10.9 Å². The van der Waals surface area contributed by atoms with E-state index >= 15 is 0 Å². The highest BCUT2D eigenvalue weighted by atomic mass is 32.1. The SMILES string of the molecule is Cc1cc(C(F)(F)F)nc2sc(C(=O)c3ccc4c(c3)OCCO4)c(N)c12. The van der Waals surface area contributed by atoms with Gasteiger partial charge in [0.05, 0.1) is 5.69 Å². The minimum absolute atomic E-state index is 0.0840. The third kappa shape index (κ3) is 2.97. The van der Waals surface area contributed by atoms with Gasteiger partial charge in [-0.3, -0.25) is 4.79 Å². The molecule has 0 radical (unpaired) electrons. The van der Waals surface area contributed by atoms with Crippen molar-refractivity contribution < 1.29 is 27.4 Å². The minimum Gasteiger partial charge on any atom is -0.486 e. The standard InChI is InChI=1S/C18H13F3N2O3S/c1-8-6-12(18(19,20)21)23-17-13(8)14(22)16(27-17)15(24)9-2-3-10-11(7-9)26-5-4-25-10/h2-3,6-7H,4-5,22H2,1H3. The van der Waals surface area contributed by atoms with Gasteiger partial charge >= 0.3 is 6.18 Å². The molecule has 9 heteroatoms. The molecule has 0 atom stereocenters. The number of nitrogens with two attached hydrogens (primary N) is 1. The molecule has 4 rings (SSSR count). The van der Waals surface area contributed by atoms with Crippen LogP contribution in [0.1, 0.15) is 26.5 Å². The fraction of sp³-hybridized carbons (Fsp3) is 0.222.